The molecule has 0 bridgehead atoms. The van der Waals surface area contributed by atoms with Crippen LogP contribution in [0.5, 0.6) is 0 Å². The van der Waals surface area contributed by atoms with Gasteiger partial charge in [0.15, 0.2) is 0 Å². The molecule has 174 valence electrons. The summed E-state index contributed by atoms with van der Waals surface area (Å²) in [6.07, 6.45) is 9.48. The average molecular weight is 433 g/mol. The molecule has 0 aromatic heterocycles. The summed E-state index contributed by atoms with van der Waals surface area (Å²) in [6, 6.07) is 0. The first-order chi connectivity index (χ1) is 14.6. The van der Waals surface area contributed by atoms with Gasteiger partial charge in [0.05, 0.1) is 0 Å². The number of fused-ring (bicyclic) bond motifs is 5. The van der Waals surface area contributed by atoms with Gasteiger partial charge in [-0.1, -0.05) is 20.8 Å². The molecule has 0 saturated heterocycles. The molecule has 4 aliphatic carbocycles. The van der Waals surface area contributed by atoms with Crippen molar-refractivity contribution in [1.29, 1.82) is 0 Å². The first-order valence-corrected chi connectivity index (χ1v) is 12.4. The number of hydrogen-bond donors (Lipinski definition) is 0. The molecule has 0 amide bonds. The summed E-state index contributed by atoms with van der Waals surface area (Å²) in [5, 5.41) is 0. The predicted octanol–water partition coefficient (Wildman–Crippen LogP) is 4.95. The molecule has 0 spiro atoms. The summed E-state index contributed by atoms with van der Waals surface area (Å²) in [4.78, 5) is 35.3. The first kappa shape index (κ1) is 22.8. The van der Waals surface area contributed by atoms with Crippen LogP contribution < -0.4 is 0 Å². The maximum absolute atomic E-state index is 12.1. The Hall–Kier alpha value is -1.39. The maximum atomic E-state index is 12.1. The third kappa shape index (κ3) is 3.64. The molecule has 0 aromatic carbocycles. The van der Waals surface area contributed by atoms with Crippen LogP contribution in [-0.4, -0.2) is 30.4 Å². The fraction of sp³-hybridized carbons (Fsp3) is 0.885. The van der Waals surface area contributed by atoms with Gasteiger partial charge in [0, 0.05) is 25.2 Å². The molecule has 0 N–H and O–H groups in total. The molecule has 0 aromatic rings. The van der Waals surface area contributed by atoms with Crippen molar-refractivity contribution in [2.75, 3.05) is 0 Å². The summed E-state index contributed by atoms with van der Waals surface area (Å²) in [7, 11) is 0. The van der Waals surface area contributed by atoms with Crippen molar-refractivity contribution >= 4 is 18.2 Å². The summed E-state index contributed by atoms with van der Waals surface area (Å²) in [5.74, 6) is 2.12. The number of carbonyl (C=O) groups is 3. The van der Waals surface area contributed by atoms with E-state index in [1.165, 1.54) is 26.7 Å². The Labute approximate surface area is 187 Å². The molecule has 31 heavy (non-hydrogen) atoms. The summed E-state index contributed by atoms with van der Waals surface area (Å²) in [6.45, 7) is 9.83. The van der Waals surface area contributed by atoms with Gasteiger partial charge in [-0.15, -0.1) is 0 Å². The van der Waals surface area contributed by atoms with E-state index in [4.69, 9.17) is 9.47 Å². The van der Waals surface area contributed by atoms with E-state index in [1.54, 1.807) is 0 Å². The van der Waals surface area contributed by atoms with Crippen LogP contribution in [0.25, 0.3) is 0 Å². The van der Waals surface area contributed by atoms with Crippen molar-refractivity contribution in [1.82, 2.24) is 0 Å². The number of aldehydes is 1. The molecule has 0 radical (unpaired) electrons. The average Bonchev–Trinajstić information content (AvgIpc) is 3.06. The van der Waals surface area contributed by atoms with Crippen molar-refractivity contribution in [2.24, 2.45) is 46.3 Å². The molecular formula is C26H40O5. The molecule has 4 fully saturated rings. The lowest BCUT2D eigenvalue weighted by molar-refractivity contribution is -0.197. The Kier molecular flexibility index (Phi) is 6.02. The number of hydrogen-bond acceptors (Lipinski definition) is 5. The van der Waals surface area contributed by atoms with E-state index in [2.05, 4.69) is 13.8 Å². The summed E-state index contributed by atoms with van der Waals surface area (Å²) < 4.78 is 11.6. The minimum atomic E-state index is -0.205. The Bertz CT molecular complexity index is 733. The number of carbonyl (C=O) groups excluding carboxylic acids is 3. The highest BCUT2D eigenvalue weighted by Crippen LogP contribution is 2.68. The minimum absolute atomic E-state index is 0.00398. The molecule has 4 aliphatic rings. The molecule has 0 heterocycles. The van der Waals surface area contributed by atoms with Gasteiger partial charge in [0.1, 0.15) is 18.5 Å². The van der Waals surface area contributed by atoms with Crippen molar-refractivity contribution in [3.8, 4) is 0 Å². The van der Waals surface area contributed by atoms with Crippen molar-refractivity contribution in [3.05, 3.63) is 0 Å². The van der Waals surface area contributed by atoms with Crippen LogP contribution in [-0.2, 0) is 23.9 Å². The highest BCUT2D eigenvalue weighted by molar-refractivity contribution is 5.66. The van der Waals surface area contributed by atoms with Gasteiger partial charge in [-0.2, -0.15) is 0 Å². The molecule has 5 heteroatoms. The Morgan fingerprint density at radius 1 is 0.935 bits per heavy atom. The second kappa shape index (κ2) is 8.19. The van der Waals surface area contributed by atoms with Gasteiger partial charge >= 0.3 is 11.9 Å². The Morgan fingerprint density at radius 3 is 2.29 bits per heavy atom. The minimum Gasteiger partial charge on any atom is -0.463 e. The third-order valence-electron chi connectivity index (χ3n) is 10.3. The maximum Gasteiger partial charge on any atom is 0.302 e. The van der Waals surface area contributed by atoms with Crippen LogP contribution in [0.4, 0.5) is 0 Å². The fourth-order valence-corrected chi connectivity index (χ4v) is 8.86. The molecular weight excluding hydrogens is 392 g/mol. The van der Waals surface area contributed by atoms with Crippen molar-refractivity contribution in [3.63, 3.8) is 0 Å². The predicted molar refractivity (Wildman–Crippen MR) is 117 cm³/mol. The van der Waals surface area contributed by atoms with E-state index in [1.807, 2.05) is 6.92 Å². The molecule has 0 unspecified atom stereocenters. The lowest BCUT2D eigenvalue weighted by Gasteiger charge is -2.62. The van der Waals surface area contributed by atoms with Crippen LogP contribution in [0.15, 0.2) is 0 Å². The number of esters is 2. The lowest BCUT2D eigenvalue weighted by Crippen LogP contribution is -2.59. The molecule has 0 aliphatic heterocycles. The van der Waals surface area contributed by atoms with Gasteiger partial charge in [0.2, 0.25) is 0 Å². The monoisotopic (exact) mass is 432 g/mol. The van der Waals surface area contributed by atoms with Gasteiger partial charge in [-0.25, -0.2) is 0 Å². The smallest absolute Gasteiger partial charge is 0.302 e. The second-order valence-electron chi connectivity index (χ2n) is 11.5. The highest BCUT2D eigenvalue weighted by Gasteiger charge is 2.65. The van der Waals surface area contributed by atoms with Gasteiger partial charge in [-0.05, 0) is 86.4 Å². The van der Waals surface area contributed by atoms with E-state index in [-0.39, 0.29) is 46.8 Å². The van der Waals surface area contributed by atoms with Crippen molar-refractivity contribution in [2.45, 2.75) is 98.2 Å². The second-order valence-corrected chi connectivity index (χ2v) is 11.5. The quantitative estimate of drug-likeness (QED) is 0.464. The largest absolute Gasteiger partial charge is 0.463 e. The molecule has 4 rings (SSSR count). The van der Waals surface area contributed by atoms with E-state index in [9.17, 15) is 14.4 Å². The zero-order valence-electron chi connectivity index (χ0n) is 19.9. The van der Waals surface area contributed by atoms with E-state index >= 15 is 0 Å². The van der Waals surface area contributed by atoms with Gasteiger partial charge in [-0.3, -0.25) is 9.59 Å². The van der Waals surface area contributed by atoms with Crippen LogP contribution in [0.2, 0.25) is 0 Å². The molecule has 4 saturated carbocycles. The Morgan fingerprint density at radius 2 is 1.65 bits per heavy atom. The third-order valence-corrected chi connectivity index (χ3v) is 10.3. The molecule has 5 nitrogen and oxygen atoms in total. The van der Waals surface area contributed by atoms with E-state index < -0.39 is 0 Å². The lowest BCUT2D eigenvalue weighted by atomic mass is 9.43. The SMILES string of the molecule is CC(=O)O[C@@H]1CC[C@@]2(C)[C@H](CC[C@@H]3[C@@H]2C[C@H](OC(C)=O)[C@]2(C)[C@@H]([C@H](C)C=O)CC[C@@H]32)C1. The number of rotatable bonds is 4. The van der Waals surface area contributed by atoms with Gasteiger partial charge < -0.3 is 14.3 Å². The topological polar surface area (TPSA) is 69.7 Å². The standard InChI is InChI=1S/C26H40O5/c1-15(14-27)21-8-9-22-20-7-6-18-12-19(30-16(2)28)10-11-25(18,4)23(20)13-24(26(21,22)5)31-17(3)29/h14-15,18-24H,6-13H2,1-5H3/t15-,18-,19-,20+,21-,22+,23+,24+,25+,26-/m1/s1. The summed E-state index contributed by atoms with van der Waals surface area (Å²) >= 11 is 0. The molecule has 10 atom stereocenters. The van der Waals surface area contributed by atoms with E-state index in [0.717, 1.165) is 44.8 Å². The zero-order chi connectivity index (χ0) is 22.6. The summed E-state index contributed by atoms with van der Waals surface area (Å²) in [5.41, 5.74) is 0.0823. The highest BCUT2D eigenvalue weighted by atomic mass is 16.5. The number of ether oxygens (including phenoxy) is 2. The van der Waals surface area contributed by atoms with Crippen LogP contribution in [0.3, 0.4) is 0 Å². The van der Waals surface area contributed by atoms with Crippen LogP contribution in [0.1, 0.15) is 86.0 Å². The van der Waals surface area contributed by atoms with Crippen LogP contribution >= 0.6 is 0 Å². The fourth-order valence-electron chi connectivity index (χ4n) is 8.86. The van der Waals surface area contributed by atoms with Crippen LogP contribution in [0, 0.1) is 46.3 Å². The normalized spacial score (nSPS) is 47.3. The zero-order valence-corrected chi connectivity index (χ0v) is 19.9. The Balaban J connectivity index is 1.64. The van der Waals surface area contributed by atoms with Crippen molar-refractivity contribution < 1.29 is 23.9 Å². The van der Waals surface area contributed by atoms with E-state index in [0.29, 0.717) is 23.7 Å². The first-order valence-electron chi connectivity index (χ1n) is 12.4. The van der Waals surface area contributed by atoms with Gasteiger partial charge in [0.25, 0.3) is 0 Å².